The van der Waals surface area contributed by atoms with E-state index in [2.05, 4.69) is 0 Å². The first-order valence-electron chi connectivity index (χ1n) is 6.17. The highest BCUT2D eigenvalue weighted by Gasteiger charge is 2.18. The molecule has 0 aliphatic carbocycles. The fraction of sp³-hybridized carbons (Fsp3) is 0.188. The van der Waals surface area contributed by atoms with E-state index in [1.807, 2.05) is 26.8 Å². The first-order chi connectivity index (χ1) is 9.40. The van der Waals surface area contributed by atoms with Gasteiger partial charge < -0.3 is 9.84 Å². The summed E-state index contributed by atoms with van der Waals surface area (Å²) in [7, 11) is 0. The fourth-order valence-electron chi connectivity index (χ4n) is 2.02. The summed E-state index contributed by atoms with van der Waals surface area (Å²) in [6, 6.07) is 7.79. The number of carboxylic acid groups (broad SMARTS) is 1. The zero-order chi connectivity index (χ0) is 14.9. The van der Waals surface area contributed by atoms with E-state index in [4.69, 9.17) is 9.84 Å². The maximum Gasteiger partial charge on any atom is 0.342 e. The van der Waals surface area contributed by atoms with E-state index in [-0.39, 0.29) is 5.75 Å². The Labute approximate surface area is 116 Å². The standard InChI is InChI=1S/C16H15FO3/c1-9-7-10(2)11(3)14(8-9)20-13-6-4-5-12(17)15(13)16(18)19/h4-8H,1-3H3,(H,18,19). The quantitative estimate of drug-likeness (QED) is 0.910. The molecule has 0 saturated carbocycles. The highest BCUT2D eigenvalue weighted by atomic mass is 19.1. The van der Waals surface area contributed by atoms with E-state index in [1.165, 1.54) is 12.1 Å². The molecule has 2 aromatic rings. The SMILES string of the molecule is Cc1cc(C)c(C)c(Oc2cccc(F)c2C(=O)O)c1. The third kappa shape index (κ3) is 2.64. The van der Waals surface area contributed by atoms with E-state index in [0.29, 0.717) is 5.75 Å². The number of ether oxygens (including phenoxy) is 1. The molecule has 0 aliphatic rings. The lowest BCUT2D eigenvalue weighted by Crippen LogP contribution is -2.04. The molecule has 0 radical (unpaired) electrons. The summed E-state index contributed by atoms with van der Waals surface area (Å²) in [6.07, 6.45) is 0. The average molecular weight is 274 g/mol. The molecule has 0 bridgehead atoms. The Morgan fingerprint density at radius 1 is 1.15 bits per heavy atom. The molecular formula is C16H15FO3. The number of carboxylic acids is 1. The molecule has 0 aromatic heterocycles. The van der Waals surface area contributed by atoms with Gasteiger partial charge in [0.05, 0.1) is 0 Å². The Hall–Kier alpha value is -2.36. The number of aromatic carboxylic acids is 1. The predicted octanol–water partition coefficient (Wildman–Crippen LogP) is 4.24. The molecule has 0 saturated heterocycles. The van der Waals surface area contributed by atoms with Gasteiger partial charge in [0.1, 0.15) is 22.9 Å². The zero-order valence-electron chi connectivity index (χ0n) is 11.5. The molecule has 104 valence electrons. The number of halogens is 1. The van der Waals surface area contributed by atoms with Gasteiger partial charge in [0.2, 0.25) is 0 Å². The number of hydrogen-bond donors (Lipinski definition) is 1. The van der Waals surface area contributed by atoms with Gasteiger partial charge in [-0.25, -0.2) is 9.18 Å². The van der Waals surface area contributed by atoms with E-state index >= 15 is 0 Å². The van der Waals surface area contributed by atoms with Gasteiger partial charge in [0.15, 0.2) is 0 Å². The lowest BCUT2D eigenvalue weighted by atomic mass is 10.1. The van der Waals surface area contributed by atoms with Crippen molar-refractivity contribution in [3.8, 4) is 11.5 Å². The summed E-state index contributed by atoms with van der Waals surface area (Å²) < 4.78 is 19.2. The second-order valence-corrected chi connectivity index (χ2v) is 4.73. The van der Waals surface area contributed by atoms with Crippen LogP contribution in [0.2, 0.25) is 0 Å². The molecule has 1 N–H and O–H groups in total. The van der Waals surface area contributed by atoms with Crippen molar-refractivity contribution < 1.29 is 19.0 Å². The van der Waals surface area contributed by atoms with Gasteiger partial charge >= 0.3 is 5.97 Å². The maximum atomic E-state index is 13.6. The summed E-state index contributed by atoms with van der Waals surface area (Å²) in [4.78, 5) is 11.1. The molecule has 0 atom stereocenters. The molecule has 0 heterocycles. The number of carbonyl (C=O) groups is 1. The topological polar surface area (TPSA) is 46.5 Å². The maximum absolute atomic E-state index is 13.6. The van der Waals surface area contributed by atoms with Gasteiger partial charge in [-0.2, -0.15) is 0 Å². The van der Waals surface area contributed by atoms with Crippen molar-refractivity contribution in [2.45, 2.75) is 20.8 Å². The van der Waals surface area contributed by atoms with Crippen LogP contribution in [0.5, 0.6) is 11.5 Å². The van der Waals surface area contributed by atoms with Crippen LogP contribution in [0.3, 0.4) is 0 Å². The third-order valence-electron chi connectivity index (χ3n) is 3.17. The van der Waals surface area contributed by atoms with Gasteiger partial charge in [0.25, 0.3) is 0 Å². The Morgan fingerprint density at radius 2 is 1.85 bits per heavy atom. The van der Waals surface area contributed by atoms with Gasteiger partial charge in [-0.1, -0.05) is 12.1 Å². The number of hydrogen-bond acceptors (Lipinski definition) is 2. The van der Waals surface area contributed by atoms with Crippen LogP contribution < -0.4 is 4.74 Å². The normalized spacial score (nSPS) is 10.4. The zero-order valence-corrected chi connectivity index (χ0v) is 11.5. The summed E-state index contributed by atoms with van der Waals surface area (Å²) in [6.45, 7) is 5.74. The second-order valence-electron chi connectivity index (χ2n) is 4.73. The number of rotatable bonds is 3. The average Bonchev–Trinajstić information content (AvgIpc) is 2.35. The van der Waals surface area contributed by atoms with E-state index in [0.717, 1.165) is 22.8 Å². The first-order valence-corrected chi connectivity index (χ1v) is 6.17. The minimum absolute atomic E-state index is 0.00519. The molecule has 0 aliphatic heterocycles. The molecule has 3 nitrogen and oxygen atoms in total. The van der Waals surface area contributed by atoms with E-state index < -0.39 is 17.3 Å². The summed E-state index contributed by atoms with van der Waals surface area (Å²) >= 11 is 0. The van der Waals surface area contributed by atoms with Crippen molar-refractivity contribution in [3.63, 3.8) is 0 Å². The van der Waals surface area contributed by atoms with Gasteiger partial charge in [-0.15, -0.1) is 0 Å². The van der Waals surface area contributed by atoms with Gasteiger partial charge in [-0.05, 0) is 55.7 Å². The van der Waals surface area contributed by atoms with Crippen LogP contribution in [0.4, 0.5) is 4.39 Å². The Bertz CT molecular complexity index is 678. The van der Waals surface area contributed by atoms with Crippen molar-refractivity contribution in [2.24, 2.45) is 0 Å². The minimum Gasteiger partial charge on any atom is -0.477 e. The van der Waals surface area contributed by atoms with Crippen LogP contribution in [0, 0.1) is 26.6 Å². The molecule has 0 fully saturated rings. The third-order valence-corrected chi connectivity index (χ3v) is 3.17. The highest BCUT2D eigenvalue weighted by molar-refractivity contribution is 5.91. The van der Waals surface area contributed by atoms with Gasteiger partial charge in [0, 0.05) is 0 Å². The van der Waals surface area contributed by atoms with Crippen molar-refractivity contribution in [3.05, 3.63) is 58.4 Å². The Kier molecular flexibility index (Phi) is 3.74. The van der Waals surface area contributed by atoms with Crippen molar-refractivity contribution in [2.75, 3.05) is 0 Å². The van der Waals surface area contributed by atoms with E-state index in [1.54, 1.807) is 6.07 Å². The van der Waals surface area contributed by atoms with Crippen LogP contribution in [0.1, 0.15) is 27.0 Å². The lowest BCUT2D eigenvalue weighted by molar-refractivity contribution is 0.0689. The molecular weight excluding hydrogens is 259 g/mol. The molecule has 20 heavy (non-hydrogen) atoms. The highest BCUT2D eigenvalue weighted by Crippen LogP contribution is 2.31. The Morgan fingerprint density at radius 3 is 2.50 bits per heavy atom. The van der Waals surface area contributed by atoms with Gasteiger partial charge in [-0.3, -0.25) is 0 Å². The minimum atomic E-state index is -1.35. The monoisotopic (exact) mass is 274 g/mol. The predicted molar refractivity (Wildman–Crippen MR) is 74.1 cm³/mol. The summed E-state index contributed by atoms with van der Waals surface area (Å²) in [5.74, 6) is -1.61. The Balaban J connectivity index is 2.51. The van der Waals surface area contributed by atoms with Crippen LogP contribution in [-0.4, -0.2) is 11.1 Å². The molecule has 0 amide bonds. The fourth-order valence-corrected chi connectivity index (χ4v) is 2.02. The van der Waals surface area contributed by atoms with Crippen LogP contribution in [0.25, 0.3) is 0 Å². The van der Waals surface area contributed by atoms with Crippen LogP contribution >= 0.6 is 0 Å². The van der Waals surface area contributed by atoms with Crippen LogP contribution in [-0.2, 0) is 0 Å². The molecule has 0 spiro atoms. The number of aryl methyl sites for hydroxylation is 2. The smallest absolute Gasteiger partial charge is 0.342 e. The summed E-state index contributed by atoms with van der Waals surface area (Å²) in [5.41, 5.74) is 2.48. The molecule has 4 heteroatoms. The number of benzene rings is 2. The van der Waals surface area contributed by atoms with E-state index in [9.17, 15) is 9.18 Å². The second kappa shape index (κ2) is 5.33. The molecule has 2 aromatic carbocycles. The van der Waals surface area contributed by atoms with Crippen molar-refractivity contribution in [1.29, 1.82) is 0 Å². The lowest BCUT2D eigenvalue weighted by Gasteiger charge is -2.13. The largest absolute Gasteiger partial charge is 0.477 e. The van der Waals surface area contributed by atoms with Crippen molar-refractivity contribution >= 4 is 5.97 Å². The van der Waals surface area contributed by atoms with Crippen LogP contribution in [0.15, 0.2) is 30.3 Å². The molecule has 2 rings (SSSR count). The molecule has 0 unspecified atom stereocenters. The summed E-state index contributed by atoms with van der Waals surface area (Å²) in [5, 5.41) is 9.08. The van der Waals surface area contributed by atoms with Crippen molar-refractivity contribution in [1.82, 2.24) is 0 Å². The first kappa shape index (κ1) is 14.1.